The lowest BCUT2D eigenvalue weighted by atomic mass is 10.1. The van der Waals surface area contributed by atoms with E-state index in [-0.39, 0.29) is 18.0 Å². The SMILES string of the molecule is CCOC(=O)N1CCN(c2nc3cc(Cl)ccc3cc2CN(C(=O)c2ccc(C)s2)C2CC2)CC1. The van der Waals surface area contributed by atoms with Crippen LogP contribution in [0.3, 0.4) is 0 Å². The summed E-state index contributed by atoms with van der Waals surface area (Å²) in [5.41, 5.74) is 1.83. The summed E-state index contributed by atoms with van der Waals surface area (Å²) in [5.74, 6) is 0.934. The van der Waals surface area contributed by atoms with Crippen molar-refractivity contribution in [2.24, 2.45) is 0 Å². The van der Waals surface area contributed by atoms with Gasteiger partial charge in [-0.05, 0) is 57.0 Å². The molecule has 1 aromatic carbocycles. The fourth-order valence-electron chi connectivity index (χ4n) is 4.51. The molecule has 2 aromatic heterocycles. The average Bonchev–Trinajstić information content (AvgIpc) is 3.61. The Morgan fingerprint density at radius 2 is 1.91 bits per heavy atom. The number of ether oxygens (including phenoxy) is 1. The van der Waals surface area contributed by atoms with E-state index >= 15 is 0 Å². The van der Waals surface area contributed by atoms with Crippen molar-refractivity contribution >= 4 is 51.7 Å². The van der Waals surface area contributed by atoms with E-state index in [1.807, 2.05) is 49.1 Å². The Kier molecular flexibility index (Phi) is 6.84. The van der Waals surface area contributed by atoms with Crippen molar-refractivity contribution in [3.05, 3.63) is 56.7 Å². The van der Waals surface area contributed by atoms with Gasteiger partial charge in [-0.3, -0.25) is 4.79 Å². The Morgan fingerprint density at radius 3 is 2.57 bits per heavy atom. The molecule has 3 aromatic rings. The van der Waals surface area contributed by atoms with E-state index in [1.54, 1.807) is 16.2 Å². The topological polar surface area (TPSA) is 66.0 Å². The minimum absolute atomic E-state index is 0.0832. The van der Waals surface area contributed by atoms with Crippen LogP contribution in [0.25, 0.3) is 10.9 Å². The number of anilines is 1. The third-order valence-electron chi connectivity index (χ3n) is 6.48. The van der Waals surface area contributed by atoms with Gasteiger partial charge in [0.2, 0.25) is 0 Å². The van der Waals surface area contributed by atoms with Crippen LogP contribution < -0.4 is 4.90 Å². The highest BCUT2D eigenvalue weighted by molar-refractivity contribution is 7.13. The maximum atomic E-state index is 13.4. The third-order valence-corrected chi connectivity index (χ3v) is 7.71. The van der Waals surface area contributed by atoms with E-state index in [2.05, 4.69) is 11.0 Å². The standard InChI is InChI=1S/C26H29ClN4O3S/c1-3-34-26(33)30-12-10-29(11-13-30)24-19(14-18-5-6-20(27)15-22(18)28-24)16-31(21-7-8-21)25(32)23-9-4-17(2)35-23/h4-6,9,14-15,21H,3,7-8,10-13,16H2,1-2H3. The maximum Gasteiger partial charge on any atom is 0.409 e. The van der Waals surface area contributed by atoms with Crippen LogP contribution in [0.15, 0.2) is 36.4 Å². The Hall–Kier alpha value is -2.84. The number of fused-ring (bicyclic) bond motifs is 1. The highest BCUT2D eigenvalue weighted by Gasteiger charge is 2.35. The van der Waals surface area contributed by atoms with Gasteiger partial charge in [0.1, 0.15) is 5.82 Å². The number of aryl methyl sites for hydroxylation is 1. The largest absolute Gasteiger partial charge is 0.450 e. The van der Waals surface area contributed by atoms with Gasteiger partial charge in [-0.15, -0.1) is 11.3 Å². The zero-order chi connectivity index (χ0) is 24.5. The summed E-state index contributed by atoms with van der Waals surface area (Å²) in [4.78, 5) is 38.5. The Morgan fingerprint density at radius 1 is 1.14 bits per heavy atom. The number of halogens is 1. The van der Waals surface area contributed by atoms with Crippen LogP contribution in [-0.4, -0.2) is 65.6 Å². The number of carbonyl (C=O) groups is 2. The third kappa shape index (κ3) is 5.23. The Labute approximate surface area is 214 Å². The summed E-state index contributed by atoms with van der Waals surface area (Å²) >= 11 is 7.80. The Balaban J connectivity index is 1.46. The maximum absolute atomic E-state index is 13.4. The first-order chi connectivity index (χ1) is 16.9. The molecule has 0 radical (unpaired) electrons. The van der Waals surface area contributed by atoms with E-state index in [9.17, 15) is 9.59 Å². The summed E-state index contributed by atoms with van der Waals surface area (Å²) < 4.78 is 5.17. The van der Waals surface area contributed by atoms with Crippen molar-refractivity contribution in [3.63, 3.8) is 0 Å². The van der Waals surface area contributed by atoms with E-state index in [4.69, 9.17) is 21.3 Å². The summed E-state index contributed by atoms with van der Waals surface area (Å²) in [7, 11) is 0. The molecule has 5 rings (SSSR count). The first-order valence-electron chi connectivity index (χ1n) is 12.1. The first-order valence-corrected chi connectivity index (χ1v) is 13.3. The summed E-state index contributed by atoms with van der Waals surface area (Å²) in [6.45, 7) is 7.12. The molecule has 1 saturated carbocycles. The molecule has 1 aliphatic carbocycles. The average molecular weight is 513 g/mol. The van der Waals surface area contributed by atoms with Crippen LogP contribution in [-0.2, 0) is 11.3 Å². The zero-order valence-corrected chi connectivity index (χ0v) is 21.6. The van der Waals surface area contributed by atoms with E-state index in [1.165, 1.54) is 0 Å². The number of piperazine rings is 1. The molecule has 7 nitrogen and oxygen atoms in total. The number of carbonyl (C=O) groups excluding carboxylic acids is 2. The van der Waals surface area contributed by atoms with Gasteiger partial charge in [0.05, 0.1) is 17.0 Å². The molecule has 0 atom stereocenters. The smallest absolute Gasteiger partial charge is 0.409 e. The summed E-state index contributed by atoms with van der Waals surface area (Å²) in [6, 6.07) is 12.0. The van der Waals surface area contributed by atoms with Crippen molar-refractivity contribution < 1.29 is 14.3 Å². The zero-order valence-electron chi connectivity index (χ0n) is 20.0. The number of amides is 2. The van der Waals surface area contributed by atoms with Crippen LogP contribution in [0.4, 0.5) is 10.6 Å². The molecule has 0 spiro atoms. The fraction of sp³-hybridized carbons (Fsp3) is 0.423. The highest BCUT2D eigenvalue weighted by Crippen LogP contribution is 2.34. The van der Waals surface area contributed by atoms with Gasteiger partial charge in [0.15, 0.2) is 0 Å². The second-order valence-corrected chi connectivity index (χ2v) is 10.8. The van der Waals surface area contributed by atoms with Crippen LogP contribution in [0, 0.1) is 6.92 Å². The lowest BCUT2D eigenvalue weighted by Gasteiger charge is -2.36. The lowest BCUT2D eigenvalue weighted by Crippen LogP contribution is -2.49. The quantitative estimate of drug-likeness (QED) is 0.446. The number of pyridine rings is 1. The van der Waals surface area contributed by atoms with Gasteiger partial charge in [-0.1, -0.05) is 17.7 Å². The van der Waals surface area contributed by atoms with E-state index in [0.717, 1.165) is 44.9 Å². The van der Waals surface area contributed by atoms with Gasteiger partial charge in [-0.2, -0.15) is 0 Å². The molecule has 0 N–H and O–H groups in total. The normalized spacial score (nSPS) is 16.0. The summed E-state index contributed by atoms with van der Waals surface area (Å²) in [6.07, 6.45) is 1.78. The molecule has 0 bridgehead atoms. The van der Waals surface area contributed by atoms with Crippen molar-refractivity contribution in [1.82, 2.24) is 14.8 Å². The van der Waals surface area contributed by atoms with Crippen LogP contribution >= 0.6 is 22.9 Å². The van der Waals surface area contributed by atoms with E-state index in [0.29, 0.717) is 44.4 Å². The molecule has 2 amide bonds. The second-order valence-electron chi connectivity index (χ2n) is 9.06. The number of benzene rings is 1. The highest BCUT2D eigenvalue weighted by atomic mass is 35.5. The molecule has 2 fully saturated rings. The van der Waals surface area contributed by atoms with E-state index < -0.39 is 0 Å². The number of hydrogen-bond acceptors (Lipinski definition) is 6. The van der Waals surface area contributed by atoms with Gasteiger partial charge in [0.25, 0.3) is 5.91 Å². The van der Waals surface area contributed by atoms with Crippen molar-refractivity contribution in [2.45, 2.75) is 39.3 Å². The number of nitrogens with zero attached hydrogens (tertiary/aromatic N) is 4. The van der Waals surface area contributed by atoms with Crippen LogP contribution in [0.1, 0.15) is 39.9 Å². The molecule has 2 aliphatic rings. The van der Waals surface area contributed by atoms with Gasteiger partial charge >= 0.3 is 6.09 Å². The summed E-state index contributed by atoms with van der Waals surface area (Å²) in [5, 5.41) is 1.63. The van der Waals surface area contributed by atoms with Crippen molar-refractivity contribution in [2.75, 3.05) is 37.7 Å². The minimum Gasteiger partial charge on any atom is -0.450 e. The predicted octanol–water partition coefficient (Wildman–Crippen LogP) is 5.34. The molecule has 1 saturated heterocycles. The monoisotopic (exact) mass is 512 g/mol. The lowest BCUT2D eigenvalue weighted by molar-refractivity contribution is 0.0734. The molecular weight excluding hydrogens is 484 g/mol. The molecule has 0 unspecified atom stereocenters. The predicted molar refractivity (Wildman–Crippen MR) is 140 cm³/mol. The fourth-order valence-corrected chi connectivity index (χ4v) is 5.50. The Bertz CT molecular complexity index is 1250. The second kappa shape index (κ2) is 10.0. The number of thiophene rings is 1. The molecular formula is C26H29ClN4O3S. The first kappa shape index (κ1) is 23.9. The number of hydrogen-bond donors (Lipinski definition) is 0. The minimum atomic E-state index is -0.276. The number of aromatic nitrogens is 1. The van der Waals surface area contributed by atoms with Crippen molar-refractivity contribution in [1.29, 1.82) is 0 Å². The van der Waals surface area contributed by atoms with Gasteiger partial charge < -0.3 is 19.4 Å². The number of rotatable bonds is 6. The molecule has 1 aliphatic heterocycles. The van der Waals surface area contributed by atoms with Gasteiger partial charge in [-0.25, -0.2) is 9.78 Å². The van der Waals surface area contributed by atoms with Crippen LogP contribution in [0.5, 0.6) is 0 Å². The van der Waals surface area contributed by atoms with Gasteiger partial charge in [0, 0.05) is 59.6 Å². The van der Waals surface area contributed by atoms with Crippen LogP contribution in [0.2, 0.25) is 5.02 Å². The molecule has 3 heterocycles. The molecule has 9 heteroatoms. The molecule has 35 heavy (non-hydrogen) atoms. The molecule has 184 valence electrons. The van der Waals surface area contributed by atoms with Crippen molar-refractivity contribution in [3.8, 4) is 0 Å².